The van der Waals surface area contributed by atoms with Gasteiger partial charge in [-0.15, -0.1) is 0 Å². The summed E-state index contributed by atoms with van der Waals surface area (Å²) in [5, 5.41) is 2.46. The predicted octanol–water partition coefficient (Wildman–Crippen LogP) is 2.53. The summed E-state index contributed by atoms with van der Waals surface area (Å²) in [6, 6.07) is 10.2. The molecule has 134 valence electrons. The fraction of sp³-hybridized carbons (Fsp3) is 0.235. The van der Waals surface area contributed by atoms with Crippen LogP contribution in [0.25, 0.3) is 0 Å². The van der Waals surface area contributed by atoms with Crippen molar-refractivity contribution >= 4 is 21.6 Å². The standard InChI is InChI=1S/C17H19FN2O4S/c1-3-24-15-7-9-16(10-8-15)25(22,23)20-12(2)17(21)19-14-6-4-5-13(18)11-14/h4-12,20H,3H2,1-2H3,(H,19,21)/t12-/m0/s1. The Morgan fingerprint density at radius 1 is 1.20 bits per heavy atom. The number of ether oxygens (including phenoxy) is 1. The van der Waals surface area contributed by atoms with E-state index < -0.39 is 27.8 Å². The second-order valence-corrected chi connectivity index (χ2v) is 6.96. The molecule has 0 aliphatic heterocycles. The summed E-state index contributed by atoms with van der Waals surface area (Å²) in [4.78, 5) is 12.1. The van der Waals surface area contributed by atoms with Crippen LogP contribution in [0.1, 0.15) is 13.8 Å². The minimum Gasteiger partial charge on any atom is -0.494 e. The number of halogens is 1. The molecular formula is C17H19FN2O4S. The summed E-state index contributed by atoms with van der Waals surface area (Å²) in [7, 11) is -3.88. The predicted molar refractivity (Wildman–Crippen MR) is 92.4 cm³/mol. The molecule has 0 fully saturated rings. The largest absolute Gasteiger partial charge is 0.494 e. The molecule has 0 spiro atoms. The van der Waals surface area contributed by atoms with E-state index in [-0.39, 0.29) is 10.6 Å². The zero-order valence-corrected chi connectivity index (χ0v) is 14.6. The Kier molecular flexibility index (Phi) is 6.11. The van der Waals surface area contributed by atoms with Gasteiger partial charge in [0.05, 0.1) is 17.5 Å². The maximum absolute atomic E-state index is 13.1. The molecule has 2 rings (SSSR count). The number of anilines is 1. The van der Waals surface area contributed by atoms with Crippen molar-refractivity contribution in [2.75, 3.05) is 11.9 Å². The third kappa shape index (κ3) is 5.27. The number of sulfonamides is 1. The SMILES string of the molecule is CCOc1ccc(S(=O)(=O)N[C@@H](C)C(=O)Nc2cccc(F)c2)cc1. The zero-order valence-electron chi connectivity index (χ0n) is 13.8. The molecule has 0 aliphatic carbocycles. The minimum atomic E-state index is -3.88. The number of amides is 1. The van der Waals surface area contributed by atoms with Crippen molar-refractivity contribution in [2.45, 2.75) is 24.8 Å². The van der Waals surface area contributed by atoms with E-state index in [1.807, 2.05) is 6.92 Å². The summed E-state index contributed by atoms with van der Waals surface area (Å²) < 4.78 is 45.3. The second-order valence-electron chi connectivity index (χ2n) is 5.25. The topological polar surface area (TPSA) is 84.5 Å². The van der Waals surface area contributed by atoms with Gasteiger partial charge in [0.25, 0.3) is 0 Å². The zero-order chi connectivity index (χ0) is 18.4. The average Bonchev–Trinajstić information content (AvgIpc) is 2.55. The quantitative estimate of drug-likeness (QED) is 0.789. The molecule has 0 aromatic heterocycles. The number of benzene rings is 2. The molecule has 0 saturated heterocycles. The lowest BCUT2D eigenvalue weighted by molar-refractivity contribution is -0.117. The van der Waals surface area contributed by atoms with E-state index in [0.717, 1.165) is 6.07 Å². The maximum Gasteiger partial charge on any atom is 0.242 e. The number of hydrogen-bond acceptors (Lipinski definition) is 4. The number of rotatable bonds is 7. The smallest absolute Gasteiger partial charge is 0.242 e. The van der Waals surface area contributed by atoms with Gasteiger partial charge in [0.15, 0.2) is 0 Å². The van der Waals surface area contributed by atoms with Crippen molar-refractivity contribution < 1.29 is 22.3 Å². The van der Waals surface area contributed by atoms with Crippen LogP contribution >= 0.6 is 0 Å². The van der Waals surface area contributed by atoms with Crippen molar-refractivity contribution in [3.63, 3.8) is 0 Å². The first kappa shape index (κ1) is 18.9. The van der Waals surface area contributed by atoms with Crippen LogP contribution in [0.2, 0.25) is 0 Å². The molecule has 0 heterocycles. The molecule has 2 aromatic rings. The molecule has 25 heavy (non-hydrogen) atoms. The Hall–Kier alpha value is -2.45. The first-order valence-corrected chi connectivity index (χ1v) is 9.12. The minimum absolute atomic E-state index is 0.0151. The van der Waals surface area contributed by atoms with Crippen LogP contribution in [0.3, 0.4) is 0 Å². The molecule has 0 saturated carbocycles. The lowest BCUT2D eigenvalue weighted by Gasteiger charge is -2.15. The van der Waals surface area contributed by atoms with Crippen molar-refractivity contribution in [3.8, 4) is 5.75 Å². The maximum atomic E-state index is 13.1. The van der Waals surface area contributed by atoms with E-state index in [1.165, 1.54) is 49.4 Å². The van der Waals surface area contributed by atoms with Crippen LogP contribution in [0, 0.1) is 5.82 Å². The lowest BCUT2D eigenvalue weighted by atomic mass is 10.3. The summed E-state index contributed by atoms with van der Waals surface area (Å²) in [6.45, 7) is 3.70. The highest BCUT2D eigenvalue weighted by atomic mass is 32.2. The highest BCUT2D eigenvalue weighted by Gasteiger charge is 2.22. The van der Waals surface area contributed by atoms with E-state index in [2.05, 4.69) is 10.0 Å². The van der Waals surface area contributed by atoms with Gasteiger partial charge in [0.2, 0.25) is 15.9 Å². The van der Waals surface area contributed by atoms with Crippen LogP contribution in [0.4, 0.5) is 10.1 Å². The summed E-state index contributed by atoms with van der Waals surface area (Å²) in [6.07, 6.45) is 0. The number of nitrogens with one attached hydrogen (secondary N) is 2. The highest BCUT2D eigenvalue weighted by Crippen LogP contribution is 2.16. The van der Waals surface area contributed by atoms with Gasteiger partial charge in [-0.05, 0) is 56.3 Å². The average molecular weight is 366 g/mol. The van der Waals surface area contributed by atoms with Gasteiger partial charge < -0.3 is 10.1 Å². The third-order valence-corrected chi connectivity index (χ3v) is 4.82. The molecule has 0 radical (unpaired) electrons. The van der Waals surface area contributed by atoms with Crippen LogP contribution in [0.5, 0.6) is 5.75 Å². The van der Waals surface area contributed by atoms with Crippen molar-refractivity contribution in [1.82, 2.24) is 4.72 Å². The fourth-order valence-electron chi connectivity index (χ4n) is 2.05. The molecule has 1 atom stereocenters. The number of carbonyl (C=O) groups excluding carboxylic acids is 1. The van der Waals surface area contributed by atoms with Gasteiger partial charge in [-0.2, -0.15) is 4.72 Å². The summed E-state index contributed by atoms with van der Waals surface area (Å²) >= 11 is 0. The van der Waals surface area contributed by atoms with Gasteiger partial charge >= 0.3 is 0 Å². The Morgan fingerprint density at radius 3 is 2.48 bits per heavy atom. The molecule has 8 heteroatoms. The van der Waals surface area contributed by atoms with E-state index in [0.29, 0.717) is 12.4 Å². The number of hydrogen-bond donors (Lipinski definition) is 2. The van der Waals surface area contributed by atoms with Gasteiger partial charge in [-0.25, -0.2) is 12.8 Å². The summed E-state index contributed by atoms with van der Waals surface area (Å²) in [5.74, 6) is -0.543. The third-order valence-electron chi connectivity index (χ3n) is 3.26. The van der Waals surface area contributed by atoms with Gasteiger partial charge in [-0.3, -0.25) is 4.79 Å². The molecule has 1 amide bonds. The van der Waals surface area contributed by atoms with Crippen LogP contribution < -0.4 is 14.8 Å². The van der Waals surface area contributed by atoms with Crippen molar-refractivity contribution in [2.24, 2.45) is 0 Å². The van der Waals surface area contributed by atoms with Crippen molar-refractivity contribution in [1.29, 1.82) is 0 Å². The molecule has 0 bridgehead atoms. The van der Waals surface area contributed by atoms with E-state index in [1.54, 1.807) is 0 Å². The highest BCUT2D eigenvalue weighted by molar-refractivity contribution is 7.89. The first-order valence-electron chi connectivity index (χ1n) is 7.63. The number of carbonyl (C=O) groups is 1. The van der Waals surface area contributed by atoms with E-state index in [4.69, 9.17) is 4.74 Å². The Bertz CT molecular complexity index is 838. The summed E-state index contributed by atoms with van der Waals surface area (Å²) in [5.41, 5.74) is 0.247. The van der Waals surface area contributed by atoms with E-state index >= 15 is 0 Å². The van der Waals surface area contributed by atoms with Crippen LogP contribution in [0.15, 0.2) is 53.4 Å². The molecule has 0 aliphatic rings. The van der Waals surface area contributed by atoms with Gasteiger partial charge in [0, 0.05) is 5.69 Å². The molecular weight excluding hydrogens is 347 g/mol. The Balaban J connectivity index is 2.04. The molecule has 2 N–H and O–H groups in total. The van der Waals surface area contributed by atoms with Gasteiger partial charge in [0.1, 0.15) is 11.6 Å². The fourth-order valence-corrected chi connectivity index (χ4v) is 3.26. The lowest BCUT2D eigenvalue weighted by Crippen LogP contribution is -2.41. The van der Waals surface area contributed by atoms with Crippen molar-refractivity contribution in [3.05, 3.63) is 54.3 Å². The van der Waals surface area contributed by atoms with E-state index in [9.17, 15) is 17.6 Å². The molecule has 0 unspecified atom stereocenters. The van der Waals surface area contributed by atoms with Gasteiger partial charge in [-0.1, -0.05) is 6.07 Å². The first-order chi connectivity index (χ1) is 11.8. The molecule has 2 aromatic carbocycles. The molecule has 6 nitrogen and oxygen atoms in total. The Labute approximate surface area is 146 Å². The Morgan fingerprint density at radius 2 is 1.88 bits per heavy atom. The van der Waals surface area contributed by atoms with Crippen LogP contribution in [-0.4, -0.2) is 27.0 Å². The second kappa shape index (κ2) is 8.09. The normalized spacial score (nSPS) is 12.4. The van der Waals surface area contributed by atoms with Crippen LogP contribution in [-0.2, 0) is 14.8 Å². The monoisotopic (exact) mass is 366 g/mol.